The maximum Gasteiger partial charge on any atom is 0.357 e. The molecular formula is C8H4ClF2IO. The average Bonchev–Trinajstić information content (AvgIpc) is 2.03. The van der Waals surface area contributed by atoms with Crippen LogP contribution in [0.2, 0.25) is 5.02 Å². The first-order chi connectivity index (χ1) is 5.91. The minimum atomic E-state index is -3.36. The van der Waals surface area contributed by atoms with Crippen molar-refractivity contribution in [3.63, 3.8) is 0 Å². The number of carbonyl (C=O) groups is 1. The van der Waals surface area contributed by atoms with Gasteiger partial charge in [0.15, 0.2) is 0 Å². The SMILES string of the molecule is O=C(c1ccc(Cl)cc1)C(F)(F)I. The number of alkyl halides is 3. The molecule has 0 fully saturated rings. The summed E-state index contributed by atoms with van der Waals surface area (Å²) in [6.07, 6.45) is 0. The number of carbonyl (C=O) groups excluding carboxylic acids is 1. The minimum absolute atomic E-state index is 0.0381. The first-order valence-corrected chi connectivity index (χ1v) is 4.74. The summed E-state index contributed by atoms with van der Waals surface area (Å²) in [7, 11) is 0. The van der Waals surface area contributed by atoms with Crippen molar-refractivity contribution in [3.8, 4) is 0 Å². The van der Waals surface area contributed by atoms with Gasteiger partial charge in [0.25, 0.3) is 0 Å². The van der Waals surface area contributed by atoms with Gasteiger partial charge in [0.2, 0.25) is 5.78 Å². The van der Waals surface area contributed by atoms with Gasteiger partial charge in [-0.15, -0.1) is 0 Å². The Bertz CT molecular complexity index is 318. The van der Waals surface area contributed by atoms with Crippen molar-refractivity contribution in [2.45, 2.75) is 3.93 Å². The molecule has 0 heterocycles. The molecule has 0 spiro atoms. The lowest BCUT2D eigenvalue weighted by Crippen LogP contribution is -2.20. The lowest BCUT2D eigenvalue weighted by molar-refractivity contribution is 0.0627. The molecule has 0 aliphatic heterocycles. The van der Waals surface area contributed by atoms with E-state index in [1.807, 2.05) is 0 Å². The second-order valence-corrected chi connectivity index (χ2v) is 4.13. The predicted molar refractivity (Wildman–Crippen MR) is 54.7 cm³/mol. The highest BCUT2D eigenvalue weighted by Gasteiger charge is 2.35. The molecule has 0 N–H and O–H groups in total. The van der Waals surface area contributed by atoms with Gasteiger partial charge in [-0.2, -0.15) is 8.78 Å². The number of Topliss-reactive ketones (excluding diaryl/α,β-unsaturated/α-hetero) is 1. The minimum Gasteiger partial charge on any atom is -0.286 e. The van der Waals surface area contributed by atoms with E-state index in [0.29, 0.717) is 5.02 Å². The van der Waals surface area contributed by atoms with Crippen molar-refractivity contribution in [1.82, 2.24) is 0 Å². The smallest absolute Gasteiger partial charge is 0.286 e. The Labute approximate surface area is 92.2 Å². The number of halogens is 4. The van der Waals surface area contributed by atoms with E-state index in [9.17, 15) is 13.6 Å². The third-order valence-electron chi connectivity index (χ3n) is 1.36. The number of rotatable bonds is 2. The Morgan fingerprint density at radius 3 is 2.15 bits per heavy atom. The molecule has 5 heteroatoms. The average molecular weight is 316 g/mol. The van der Waals surface area contributed by atoms with Crippen LogP contribution in [0, 0.1) is 0 Å². The summed E-state index contributed by atoms with van der Waals surface area (Å²) in [5.41, 5.74) is -0.0381. The Balaban J connectivity index is 2.97. The van der Waals surface area contributed by atoms with Crippen molar-refractivity contribution in [2.75, 3.05) is 0 Å². The van der Waals surface area contributed by atoms with Crippen LogP contribution in [0.25, 0.3) is 0 Å². The van der Waals surface area contributed by atoms with Gasteiger partial charge < -0.3 is 0 Å². The standard InChI is InChI=1S/C8H4ClF2IO/c9-6-3-1-5(2-4-6)7(13)8(10,11)12/h1-4H. The van der Waals surface area contributed by atoms with Gasteiger partial charge in [0.1, 0.15) is 0 Å². The van der Waals surface area contributed by atoms with Gasteiger partial charge in [-0.3, -0.25) is 4.79 Å². The number of hydrogen-bond acceptors (Lipinski definition) is 1. The van der Waals surface area contributed by atoms with Gasteiger partial charge in [-0.05, 0) is 24.3 Å². The Morgan fingerprint density at radius 1 is 1.31 bits per heavy atom. The van der Waals surface area contributed by atoms with E-state index < -0.39 is 9.71 Å². The zero-order valence-corrected chi connectivity index (χ0v) is 9.14. The summed E-state index contributed by atoms with van der Waals surface area (Å²) in [6.45, 7) is 0. The molecule has 70 valence electrons. The predicted octanol–water partition coefficient (Wildman–Crippen LogP) is 3.55. The van der Waals surface area contributed by atoms with Crippen LogP contribution in [0.3, 0.4) is 0 Å². The highest BCUT2D eigenvalue weighted by molar-refractivity contribution is 14.1. The van der Waals surface area contributed by atoms with Crippen LogP contribution < -0.4 is 0 Å². The van der Waals surface area contributed by atoms with E-state index in [0.717, 1.165) is 22.6 Å². The van der Waals surface area contributed by atoms with Gasteiger partial charge in [-0.25, -0.2) is 0 Å². The van der Waals surface area contributed by atoms with Crippen molar-refractivity contribution >= 4 is 40.0 Å². The molecule has 0 unspecified atom stereocenters. The Morgan fingerprint density at radius 2 is 1.77 bits per heavy atom. The summed E-state index contributed by atoms with van der Waals surface area (Å²) < 4.78 is 21.7. The summed E-state index contributed by atoms with van der Waals surface area (Å²) in [5.74, 6) is -1.20. The highest BCUT2D eigenvalue weighted by Crippen LogP contribution is 2.27. The molecule has 1 nitrogen and oxygen atoms in total. The van der Waals surface area contributed by atoms with Crippen molar-refractivity contribution in [3.05, 3.63) is 34.9 Å². The van der Waals surface area contributed by atoms with E-state index in [2.05, 4.69) is 0 Å². The van der Waals surface area contributed by atoms with Crippen LogP contribution in [0.4, 0.5) is 8.78 Å². The van der Waals surface area contributed by atoms with Gasteiger partial charge in [0, 0.05) is 33.2 Å². The summed E-state index contributed by atoms with van der Waals surface area (Å²) in [5, 5.41) is 0.410. The molecule has 0 amide bonds. The summed E-state index contributed by atoms with van der Waals surface area (Å²) in [6, 6.07) is 5.35. The van der Waals surface area contributed by atoms with Crippen LogP contribution in [0.5, 0.6) is 0 Å². The third-order valence-corrected chi connectivity index (χ3v) is 2.11. The lowest BCUT2D eigenvalue weighted by Gasteiger charge is -2.06. The van der Waals surface area contributed by atoms with Crippen LogP contribution >= 0.6 is 34.2 Å². The number of ketones is 1. The van der Waals surface area contributed by atoms with Crippen LogP contribution in [-0.2, 0) is 0 Å². The van der Waals surface area contributed by atoms with E-state index >= 15 is 0 Å². The van der Waals surface area contributed by atoms with Crippen LogP contribution in [0.15, 0.2) is 24.3 Å². The van der Waals surface area contributed by atoms with E-state index in [4.69, 9.17) is 11.6 Å². The normalized spacial score (nSPS) is 11.4. The van der Waals surface area contributed by atoms with Gasteiger partial charge in [-0.1, -0.05) is 11.6 Å². The summed E-state index contributed by atoms with van der Waals surface area (Å²) in [4.78, 5) is 11.0. The fourth-order valence-corrected chi connectivity index (χ4v) is 1.20. The van der Waals surface area contributed by atoms with E-state index in [1.165, 1.54) is 24.3 Å². The fraction of sp³-hybridized carbons (Fsp3) is 0.125. The first kappa shape index (κ1) is 10.8. The second kappa shape index (κ2) is 3.88. The van der Waals surface area contributed by atoms with Gasteiger partial charge in [0.05, 0.1) is 0 Å². The van der Waals surface area contributed by atoms with Crippen LogP contribution in [-0.4, -0.2) is 9.71 Å². The molecule has 0 aromatic heterocycles. The zero-order chi connectivity index (χ0) is 10.1. The third kappa shape index (κ3) is 2.87. The number of hydrogen-bond donors (Lipinski definition) is 0. The molecule has 1 rings (SSSR count). The molecule has 1 aromatic carbocycles. The molecule has 13 heavy (non-hydrogen) atoms. The second-order valence-electron chi connectivity index (χ2n) is 2.33. The fourth-order valence-electron chi connectivity index (χ4n) is 0.765. The molecule has 0 atom stereocenters. The van der Waals surface area contributed by atoms with E-state index in [-0.39, 0.29) is 5.56 Å². The molecule has 0 radical (unpaired) electrons. The lowest BCUT2D eigenvalue weighted by atomic mass is 10.1. The largest absolute Gasteiger partial charge is 0.357 e. The van der Waals surface area contributed by atoms with Crippen LogP contribution in [0.1, 0.15) is 10.4 Å². The monoisotopic (exact) mass is 316 g/mol. The summed E-state index contributed by atoms with van der Waals surface area (Å²) >= 11 is 6.33. The maximum atomic E-state index is 12.5. The molecule has 0 aliphatic rings. The highest BCUT2D eigenvalue weighted by atomic mass is 127. The molecular weight excluding hydrogens is 312 g/mol. The topological polar surface area (TPSA) is 17.1 Å². The first-order valence-electron chi connectivity index (χ1n) is 3.28. The molecule has 0 saturated heterocycles. The molecule has 1 aromatic rings. The van der Waals surface area contributed by atoms with Crippen molar-refractivity contribution < 1.29 is 13.6 Å². The van der Waals surface area contributed by atoms with Crippen molar-refractivity contribution in [1.29, 1.82) is 0 Å². The number of benzene rings is 1. The van der Waals surface area contributed by atoms with E-state index in [1.54, 1.807) is 0 Å². The zero-order valence-electron chi connectivity index (χ0n) is 6.23. The van der Waals surface area contributed by atoms with Crippen molar-refractivity contribution in [2.24, 2.45) is 0 Å². The molecule has 0 aliphatic carbocycles. The quantitative estimate of drug-likeness (QED) is 0.463. The Hall–Kier alpha value is -0.230. The van der Waals surface area contributed by atoms with Gasteiger partial charge >= 0.3 is 3.93 Å². The molecule has 0 saturated carbocycles. The molecule has 0 bridgehead atoms. The Kier molecular flexibility index (Phi) is 3.23. The maximum absolute atomic E-state index is 12.5.